The van der Waals surface area contributed by atoms with Crippen LogP contribution in [0.5, 0.6) is 0 Å². The van der Waals surface area contributed by atoms with Gasteiger partial charge in [0, 0.05) is 23.7 Å². The maximum absolute atomic E-state index is 11.8. The molecule has 0 aromatic carbocycles. The van der Waals surface area contributed by atoms with Crippen molar-refractivity contribution < 1.29 is 14.7 Å². The molecule has 5 heteroatoms. The van der Waals surface area contributed by atoms with E-state index in [-0.39, 0.29) is 17.1 Å². The van der Waals surface area contributed by atoms with E-state index in [0.29, 0.717) is 12.6 Å². The first kappa shape index (κ1) is 14.7. The summed E-state index contributed by atoms with van der Waals surface area (Å²) in [4.78, 5) is 24.8. The van der Waals surface area contributed by atoms with Crippen LogP contribution in [0.15, 0.2) is 11.1 Å². The molecule has 0 spiro atoms. The summed E-state index contributed by atoms with van der Waals surface area (Å²) in [7, 11) is 0. The third-order valence-electron chi connectivity index (χ3n) is 3.55. The lowest BCUT2D eigenvalue weighted by Crippen LogP contribution is -2.41. The van der Waals surface area contributed by atoms with Crippen LogP contribution in [-0.2, 0) is 9.59 Å². The molecule has 5 nitrogen and oxygen atoms in total. The van der Waals surface area contributed by atoms with Gasteiger partial charge < -0.3 is 10.4 Å². The van der Waals surface area contributed by atoms with Crippen LogP contribution in [0, 0.1) is 0 Å². The average molecular weight is 254 g/mol. The lowest BCUT2D eigenvalue weighted by Gasteiger charge is -2.23. The highest BCUT2D eigenvalue weighted by molar-refractivity contribution is 6.01. The number of rotatable bonds is 5. The number of carboxylic acid groups (broad SMARTS) is 1. The highest BCUT2D eigenvalue weighted by Crippen LogP contribution is 2.11. The SMILES string of the molecule is CC(C(=O)O)=C(C)C(=O)NCC(C)N1CCCC1. The number of amides is 1. The molecule has 0 saturated carbocycles. The molecule has 1 amide bonds. The van der Waals surface area contributed by atoms with Gasteiger partial charge in [0.05, 0.1) is 0 Å². The average Bonchev–Trinajstić information content (AvgIpc) is 2.87. The van der Waals surface area contributed by atoms with E-state index in [1.165, 1.54) is 19.8 Å². The molecule has 1 rings (SSSR count). The standard InChI is InChI=1S/C13H22N2O3/c1-9(15-6-4-5-7-15)8-14-12(16)10(2)11(3)13(17)18/h9H,4-8H2,1-3H3,(H,14,16)(H,17,18). The second-order valence-electron chi connectivity index (χ2n) is 4.86. The van der Waals surface area contributed by atoms with Gasteiger partial charge in [-0.05, 0) is 46.7 Å². The first-order valence-electron chi connectivity index (χ1n) is 6.36. The van der Waals surface area contributed by atoms with Gasteiger partial charge in [0.25, 0.3) is 0 Å². The molecule has 0 bridgehead atoms. The van der Waals surface area contributed by atoms with Crippen LogP contribution in [0.2, 0.25) is 0 Å². The van der Waals surface area contributed by atoms with Gasteiger partial charge in [-0.15, -0.1) is 0 Å². The molecule has 1 fully saturated rings. The summed E-state index contributed by atoms with van der Waals surface area (Å²) in [5, 5.41) is 11.6. The van der Waals surface area contributed by atoms with Crippen LogP contribution in [0.3, 0.4) is 0 Å². The predicted octanol–water partition coefficient (Wildman–Crippen LogP) is 1.01. The van der Waals surface area contributed by atoms with E-state index in [4.69, 9.17) is 5.11 Å². The van der Waals surface area contributed by atoms with Crippen molar-refractivity contribution in [1.82, 2.24) is 10.2 Å². The zero-order valence-electron chi connectivity index (χ0n) is 11.3. The van der Waals surface area contributed by atoms with Crippen molar-refractivity contribution in [2.45, 2.75) is 39.7 Å². The Morgan fingerprint density at radius 2 is 1.78 bits per heavy atom. The lowest BCUT2D eigenvalue weighted by atomic mass is 10.1. The van der Waals surface area contributed by atoms with Crippen LogP contribution in [0.4, 0.5) is 0 Å². The summed E-state index contributed by atoms with van der Waals surface area (Å²) in [6.45, 7) is 7.79. The Morgan fingerprint density at radius 1 is 1.22 bits per heavy atom. The molecule has 2 N–H and O–H groups in total. The topological polar surface area (TPSA) is 69.6 Å². The Bertz CT molecular complexity index is 357. The summed E-state index contributed by atoms with van der Waals surface area (Å²) in [5.41, 5.74) is 0.373. The quantitative estimate of drug-likeness (QED) is 0.718. The molecule has 1 unspecified atom stereocenters. The third-order valence-corrected chi connectivity index (χ3v) is 3.55. The monoisotopic (exact) mass is 254 g/mol. The minimum absolute atomic E-state index is 0.0984. The first-order chi connectivity index (χ1) is 8.43. The van der Waals surface area contributed by atoms with Gasteiger partial charge in [-0.2, -0.15) is 0 Å². The molecule has 0 aromatic heterocycles. The van der Waals surface area contributed by atoms with E-state index in [1.807, 2.05) is 0 Å². The Balaban J connectivity index is 2.45. The number of hydrogen-bond donors (Lipinski definition) is 2. The van der Waals surface area contributed by atoms with Crippen molar-refractivity contribution in [2.75, 3.05) is 19.6 Å². The van der Waals surface area contributed by atoms with E-state index < -0.39 is 5.97 Å². The molecule has 1 atom stereocenters. The molecule has 1 aliphatic heterocycles. The Morgan fingerprint density at radius 3 is 2.28 bits per heavy atom. The Kier molecular flexibility index (Phi) is 5.34. The number of carbonyl (C=O) groups is 2. The van der Waals surface area contributed by atoms with Crippen molar-refractivity contribution in [3.63, 3.8) is 0 Å². The second-order valence-corrected chi connectivity index (χ2v) is 4.86. The molecule has 1 saturated heterocycles. The summed E-state index contributed by atoms with van der Waals surface area (Å²) in [5.74, 6) is -1.34. The third kappa shape index (κ3) is 3.84. The molecule has 18 heavy (non-hydrogen) atoms. The predicted molar refractivity (Wildman–Crippen MR) is 69.3 cm³/mol. The van der Waals surface area contributed by atoms with Gasteiger partial charge in [0.1, 0.15) is 0 Å². The van der Waals surface area contributed by atoms with Gasteiger partial charge in [-0.25, -0.2) is 4.79 Å². The molecular formula is C13H22N2O3. The zero-order chi connectivity index (χ0) is 13.7. The maximum Gasteiger partial charge on any atom is 0.331 e. The smallest absolute Gasteiger partial charge is 0.331 e. The minimum atomic E-state index is -1.05. The van der Waals surface area contributed by atoms with Crippen LogP contribution in [-0.4, -0.2) is 47.6 Å². The molecule has 1 aliphatic rings. The van der Waals surface area contributed by atoms with E-state index in [1.54, 1.807) is 6.92 Å². The highest BCUT2D eigenvalue weighted by atomic mass is 16.4. The van der Waals surface area contributed by atoms with Crippen LogP contribution < -0.4 is 5.32 Å². The lowest BCUT2D eigenvalue weighted by molar-refractivity contribution is -0.133. The van der Waals surface area contributed by atoms with Crippen molar-refractivity contribution in [3.8, 4) is 0 Å². The van der Waals surface area contributed by atoms with Crippen molar-refractivity contribution in [1.29, 1.82) is 0 Å². The fourth-order valence-corrected chi connectivity index (χ4v) is 2.02. The van der Waals surface area contributed by atoms with Crippen molar-refractivity contribution in [3.05, 3.63) is 11.1 Å². The highest BCUT2D eigenvalue weighted by Gasteiger charge is 2.19. The number of aliphatic carboxylic acids is 1. The fraction of sp³-hybridized carbons (Fsp3) is 0.692. The Hall–Kier alpha value is -1.36. The van der Waals surface area contributed by atoms with Crippen LogP contribution in [0.25, 0.3) is 0 Å². The maximum atomic E-state index is 11.8. The van der Waals surface area contributed by atoms with Crippen molar-refractivity contribution in [2.24, 2.45) is 0 Å². The number of likely N-dealkylation sites (tertiary alicyclic amines) is 1. The van der Waals surface area contributed by atoms with Gasteiger partial charge >= 0.3 is 5.97 Å². The number of nitrogens with zero attached hydrogens (tertiary/aromatic N) is 1. The van der Waals surface area contributed by atoms with E-state index in [2.05, 4.69) is 17.1 Å². The van der Waals surface area contributed by atoms with Gasteiger partial charge in [0.2, 0.25) is 5.91 Å². The molecule has 0 aromatic rings. The minimum Gasteiger partial charge on any atom is -0.478 e. The molecule has 0 aliphatic carbocycles. The summed E-state index contributed by atoms with van der Waals surface area (Å²) < 4.78 is 0. The summed E-state index contributed by atoms with van der Waals surface area (Å²) >= 11 is 0. The van der Waals surface area contributed by atoms with Crippen LogP contribution in [0.1, 0.15) is 33.6 Å². The number of nitrogens with one attached hydrogen (secondary N) is 1. The fourth-order valence-electron chi connectivity index (χ4n) is 2.02. The number of hydrogen-bond acceptors (Lipinski definition) is 3. The van der Waals surface area contributed by atoms with E-state index in [9.17, 15) is 9.59 Å². The van der Waals surface area contributed by atoms with E-state index >= 15 is 0 Å². The summed E-state index contributed by atoms with van der Waals surface area (Å²) in [6.07, 6.45) is 2.44. The van der Waals surface area contributed by atoms with Gasteiger partial charge in [-0.3, -0.25) is 9.69 Å². The first-order valence-corrected chi connectivity index (χ1v) is 6.36. The normalized spacial score (nSPS) is 19.3. The molecule has 102 valence electrons. The van der Waals surface area contributed by atoms with Gasteiger partial charge in [-0.1, -0.05) is 0 Å². The largest absolute Gasteiger partial charge is 0.478 e. The second kappa shape index (κ2) is 6.54. The molecule has 0 radical (unpaired) electrons. The molecule has 1 heterocycles. The van der Waals surface area contributed by atoms with Gasteiger partial charge in [0.15, 0.2) is 0 Å². The molecular weight excluding hydrogens is 232 g/mol. The zero-order valence-corrected chi connectivity index (χ0v) is 11.3. The number of carbonyl (C=O) groups excluding carboxylic acids is 1. The number of carboxylic acids is 1. The van der Waals surface area contributed by atoms with Crippen molar-refractivity contribution >= 4 is 11.9 Å². The Labute approximate surface area is 108 Å². The summed E-state index contributed by atoms with van der Waals surface area (Å²) in [6, 6.07) is 0.300. The van der Waals surface area contributed by atoms with Crippen LogP contribution >= 0.6 is 0 Å². The van der Waals surface area contributed by atoms with E-state index in [0.717, 1.165) is 13.1 Å².